The Morgan fingerprint density at radius 3 is 2.40 bits per heavy atom. The van der Waals surface area contributed by atoms with E-state index in [4.69, 9.17) is 0 Å². The van der Waals surface area contributed by atoms with Crippen molar-refractivity contribution >= 4 is 5.78 Å². The van der Waals surface area contributed by atoms with E-state index in [1.54, 1.807) is 0 Å². The second-order valence-electron chi connectivity index (χ2n) is 6.27. The zero-order valence-corrected chi connectivity index (χ0v) is 12.6. The van der Waals surface area contributed by atoms with Gasteiger partial charge in [-0.15, -0.1) is 0 Å². The molecule has 0 atom stereocenters. The minimum atomic E-state index is 0.257. The summed E-state index contributed by atoms with van der Waals surface area (Å²) in [5.74, 6) is 0.257. The van der Waals surface area contributed by atoms with Crippen LogP contribution in [0.2, 0.25) is 0 Å². The Kier molecular flexibility index (Phi) is 3.90. The molecule has 0 radical (unpaired) electrons. The van der Waals surface area contributed by atoms with Gasteiger partial charge in [0.2, 0.25) is 0 Å². The third-order valence-electron chi connectivity index (χ3n) is 4.67. The van der Waals surface area contributed by atoms with Gasteiger partial charge in [0.1, 0.15) is 0 Å². The van der Waals surface area contributed by atoms with Crippen LogP contribution in [0.15, 0.2) is 18.2 Å². The SMILES string of the molecule is Cc1ccc(C(=O)CN2CCN(C3CC3)CC2)cc1C. The molecule has 108 valence electrons. The molecule has 0 unspecified atom stereocenters. The smallest absolute Gasteiger partial charge is 0.176 e. The van der Waals surface area contributed by atoms with Gasteiger partial charge in [0.05, 0.1) is 6.54 Å². The number of benzene rings is 1. The van der Waals surface area contributed by atoms with E-state index in [9.17, 15) is 4.79 Å². The second kappa shape index (κ2) is 5.66. The summed E-state index contributed by atoms with van der Waals surface area (Å²) in [5.41, 5.74) is 3.31. The molecule has 1 saturated heterocycles. The first-order valence-electron chi connectivity index (χ1n) is 7.70. The van der Waals surface area contributed by atoms with Crippen molar-refractivity contribution in [2.75, 3.05) is 32.7 Å². The van der Waals surface area contributed by atoms with Crippen molar-refractivity contribution in [2.24, 2.45) is 0 Å². The summed E-state index contributed by atoms with van der Waals surface area (Å²) in [4.78, 5) is 17.2. The fourth-order valence-electron chi connectivity index (χ4n) is 2.94. The van der Waals surface area contributed by atoms with Crippen LogP contribution in [0.5, 0.6) is 0 Å². The second-order valence-corrected chi connectivity index (χ2v) is 6.27. The molecule has 3 rings (SSSR count). The lowest BCUT2D eigenvalue weighted by Gasteiger charge is -2.34. The Bertz CT molecular complexity index is 500. The number of piperazine rings is 1. The van der Waals surface area contributed by atoms with Gasteiger partial charge in [0, 0.05) is 37.8 Å². The third kappa shape index (κ3) is 3.10. The molecule has 1 aliphatic carbocycles. The van der Waals surface area contributed by atoms with Gasteiger partial charge in [-0.3, -0.25) is 14.6 Å². The topological polar surface area (TPSA) is 23.6 Å². The van der Waals surface area contributed by atoms with Gasteiger partial charge in [-0.25, -0.2) is 0 Å². The minimum Gasteiger partial charge on any atom is -0.298 e. The monoisotopic (exact) mass is 272 g/mol. The fourth-order valence-corrected chi connectivity index (χ4v) is 2.94. The fraction of sp³-hybridized carbons (Fsp3) is 0.588. The third-order valence-corrected chi connectivity index (χ3v) is 4.67. The molecule has 1 aromatic carbocycles. The molecular formula is C17H24N2O. The Balaban J connectivity index is 1.54. The normalized spacial score (nSPS) is 21.1. The summed E-state index contributed by atoms with van der Waals surface area (Å²) in [5, 5.41) is 0. The average Bonchev–Trinajstić information content (AvgIpc) is 3.27. The molecule has 1 heterocycles. The summed E-state index contributed by atoms with van der Waals surface area (Å²) in [6, 6.07) is 6.89. The van der Waals surface area contributed by atoms with E-state index in [2.05, 4.69) is 23.6 Å². The summed E-state index contributed by atoms with van der Waals surface area (Å²) in [6.07, 6.45) is 2.75. The average molecular weight is 272 g/mol. The van der Waals surface area contributed by atoms with E-state index in [0.29, 0.717) is 6.54 Å². The largest absolute Gasteiger partial charge is 0.298 e. The highest BCUT2D eigenvalue weighted by molar-refractivity contribution is 5.97. The Labute approximate surface area is 121 Å². The predicted molar refractivity (Wildman–Crippen MR) is 81.3 cm³/mol. The van der Waals surface area contributed by atoms with Gasteiger partial charge in [-0.2, -0.15) is 0 Å². The van der Waals surface area contributed by atoms with Gasteiger partial charge < -0.3 is 0 Å². The number of carbonyl (C=O) groups is 1. The molecule has 20 heavy (non-hydrogen) atoms. The minimum absolute atomic E-state index is 0.257. The molecule has 2 aliphatic rings. The molecule has 3 nitrogen and oxygen atoms in total. The molecule has 0 amide bonds. The maximum atomic E-state index is 12.3. The number of hydrogen-bond donors (Lipinski definition) is 0. The number of carbonyl (C=O) groups excluding carboxylic acids is 1. The van der Waals surface area contributed by atoms with Crippen LogP contribution in [0, 0.1) is 13.8 Å². The van der Waals surface area contributed by atoms with Crippen LogP contribution in [0.25, 0.3) is 0 Å². The van der Waals surface area contributed by atoms with E-state index >= 15 is 0 Å². The van der Waals surface area contributed by atoms with E-state index in [-0.39, 0.29) is 5.78 Å². The number of Topliss-reactive ketones (excluding diaryl/α,β-unsaturated/α-hetero) is 1. The predicted octanol–water partition coefficient (Wildman–Crippen LogP) is 2.27. The van der Waals surface area contributed by atoms with Crippen molar-refractivity contribution in [3.63, 3.8) is 0 Å². The number of hydrogen-bond acceptors (Lipinski definition) is 3. The number of ketones is 1. The molecule has 2 fully saturated rings. The van der Waals surface area contributed by atoms with E-state index in [1.807, 2.05) is 18.2 Å². The van der Waals surface area contributed by atoms with Crippen molar-refractivity contribution in [2.45, 2.75) is 32.7 Å². The lowest BCUT2D eigenvalue weighted by atomic mass is 10.0. The van der Waals surface area contributed by atoms with Crippen molar-refractivity contribution in [3.05, 3.63) is 34.9 Å². The van der Waals surface area contributed by atoms with Gasteiger partial charge in [-0.05, 0) is 43.9 Å². The van der Waals surface area contributed by atoms with Crippen LogP contribution < -0.4 is 0 Å². The highest BCUT2D eigenvalue weighted by Gasteiger charge is 2.31. The zero-order chi connectivity index (χ0) is 14.1. The molecule has 1 aliphatic heterocycles. The van der Waals surface area contributed by atoms with E-state index in [1.165, 1.54) is 24.0 Å². The molecule has 3 heteroatoms. The first-order chi connectivity index (χ1) is 9.63. The highest BCUT2D eigenvalue weighted by atomic mass is 16.1. The quantitative estimate of drug-likeness (QED) is 0.786. The molecule has 0 N–H and O–H groups in total. The van der Waals surface area contributed by atoms with Gasteiger partial charge >= 0.3 is 0 Å². The van der Waals surface area contributed by atoms with Crippen molar-refractivity contribution in [1.82, 2.24) is 9.80 Å². The maximum absolute atomic E-state index is 12.3. The molecule has 0 bridgehead atoms. The molecule has 0 aromatic heterocycles. The summed E-state index contributed by atoms with van der Waals surface area (Å²) in [7, 11) is 0. The van der Waals surface area contributed by atoms with Crippen LogP contribution in [-0.4, -0.2) is 54.3 Å². The Morgan fingerprint density at radius 1 is 1.10 bits per heavy atom. The van der Waals surface area contributed by atoms with Crippen molar-refractivity contribution in [3.8, 4) is 0 Å². The van der Waals surface area contributed by atoms with Crippen LogP contribution in [-0.2, 0) is 0 Å². The highest BCUT2D eigenvalue weighted by Crippen LogP contribution is 2.27. The Morgan fingerprint density at radius 2 is 1.80 bits per heavy atom. The van der Waals surface area contributed by atoms with E-state index < -0.39 is 0 Å². The van der Waals surface area contributed by atoms with Crippen LogP contribution in [0.4, 0.5) is 0 Å². The number of nitrogens with zero attached hydrogens (tertiary/aromatic N) is 2. The number of rotatable bonds is 4. The van der Waals surface area contributed by atoms with Gasteiger partial charge in [0.25, 0.3) is 0 Å². The van der Waals surface area contributed by atoms with Gasteiger partial charge in [0.15, 0.2) is 5.78 Å². The van der Waals surface area contributed by atoms with Crippen LogP contribution >= 0.6 is 0 Å². The lowest BCUT2D eigenvalue weighted by molar-refractivity contribution is 0.0843. The first kappa shape index (κ1) is 13.8. The standard InChI is InChI=1S/C17H24N2O/c1-13-3-4-15(11-14(13)2)17(20)12-18-7-9-19(10-8-18)16-5-6-16/h3-4,11,16H,5-10,12H2,1-2H3. The maximum Gasteiger partial charge on any atom is 0.176 e. The van der Waals surface area contributed by atoms with Crippen molar-refractivity contribution in [1.29, 1.82) is 0 Å². The van der Waals surface area contributed by atoms with Crippen LogP contribution in [0.3, 0.4) is 0 Å². The Hall–Kier alpha value is -1.19. The molecular weight excluding hydrogens is 248 g/mol. The summed E-state index contributed by atoms with van der Waals surface area (Å²) in [6.45, 7) is 9.05. The molecule has 1 saturated carbocycles. The summed E-state index contributed by atoms with van der Waals surface area (Å²) < 4.78 is 0. The van der Waals surface area contributed by atoms with Crippen LogP contribution in [0.1, 0.15) is 34.3 Å². The first-order valence-corrected chi connectivity index (χ1v) is 7.70. The van der Waals surface area contributed by atoms with Gasteiger partial charge in [-0.1, -0.05) is 12.1 Å². The molecule has 1 aromatic rings. The lowest BCUT2D eigenvalue weighted by Crippen LogP contribution is -2.48. The van der Waals surface area contributed by atoms with E-state index in [0.717, 1.165) is 37.8 Å². The zero-order valence-electron chi connectivity index (χ0n) is 12.6. The number of aryl methyl sites for hydroxylation is 2. The summed E-state index contributed by atoms with van der Waals surface area (Å²) >= 11 is 0. The van der Waals surface area contributed by atoms with Crippen molar-refractivity contribution < 1.29 is 4.79 Å². The molecule has 0 spiro atoms.